The van der Waals surface area contributed by atoms with Gasteiger partial charge in [0.2, 0.25) is 5.24 Å². The van der Waals surface area contributed by atoms with E-state index in [9.17, 15) is 14.4 Å². The van der Waals surface area contributed by atoms with Crippen LogP contribution in [0, 0.1) is 0 Å². The molecular weight excluding hydrogens is 651 g/mol. The number of aldehydes is 1. The summed E-state index contributed by atoms with van der Waals surface area (Å²) in [5.41, 5.74) is 13.2. The molecule has 2 N–H and O–H groups in total. The van der Waals surface area contributed by atoms with Crippen LogP contribution >= 0.6 is 11.6 Å². The van der Waals surface area contributed by atoms with Crippen molar-refractivity contribution in [1.29, 1.82) is 0 Å². The molecule has 0 aromatic rings. The summed E-state index contributed by atoms with van der Waals surface area (Å²) < 4.78 is 0. The van der Waals surface area contributed by atoms with Gasteiger partial charge in [-0.2, -0.15) is 0 Å². The van der Waals surface area contributed by atoms with Gasteiger partial charge >= 0.3 is 0 Å². The van der Waals surface area contributed by atoms with Crippen molar-refractivity contribution >= 4 is 34.9 Å². The normalized spacial score (nSPS) is 7.64. The second-order valence-electron chi connectivity index (χ2n) is 3.02. The smallest absolute Gasteiger partial charge is 0.221 e. The van der Waals surface area contributed by atoms with Gasteiger partial charge in [-0.3, -0.25) is 4.79 Å². The van der Waals surface area contributed by atoms with Gasteiger partial charge in [-0.1, -0.05) is 19.9 Å². The Morgan fingerprint density at radius 1 is 1.00 bits per heavy atom. The fourth-order valence-corrected chi connectivity index (χ4v) is 0.131. The number of nitrogens with one attached hydrogen (secondary N) is 2. The van der Waals surface area contributed by atoms with Gasteiger partial charge in [0.05, 0.1) is 5.91 Å². The molecule has 0 aliphatic rings. The van der Waals surface area contributed by atoms with Crippen molar-refractivity contribution in [2.24, 2.45) is 0 Å². The number of allylic oxidation sites excluding steroid dienone is 1. The van der Waals surface area contributed by atoms with E-state index in [1.165, 1.54) is 6.92 Å². The summed E-state index contributed by atoms with van der Waals surface area (Å²) in [6, 6.07) is 0. The SMILES string of the molecule is CC=C(C)C([NH-])=O.CC=O.CCC(=O)Cl.CCC([NH-])=O.[W].[W]. The molecule has 0 unspecified atom stereocenters. The fourth-order valence-electron chi connectivity index (χ4n) is 0.131. The van der Waals surface area contributed by atoms with E-state index in [0.717, 1.165) is 6.29 Å². The van der Waals surface area contributed by atoms with Crippen LogP contribution in [0.15, 0.2) is 11.6 Å². The van der Waals surface area contributed by atoms with Gasteiger partial charge in [-0.15, -0.1) is 0 Å². The topological polar surface area (TPSA) is 116 Å². The summed E-state index contributed by atoms with van der Waals surface area (Å²) in [4.78, 5) is 37.8. The summed E-state index contributed by atoms with van der Waals surface area (Å²) in [6.07, 6.45) is 3.14. The molecule has 0 aliphatic carbocycles. The van der Waals surface area contributed by atoms with Gasteiger partial charge in [-0.05, 0) is 44.4 Å². The molecular formula is C13H23ClN2O4W2-2. The molecule has 9 heteroatoms. The quantitative estimate of drug-likeness (QED) is 0.257. The van der Waals surface area contributed by atoms with Crippen LogP contribution in [0.4, 0.5) is 0 Å². The molecule has 0 saturated heterocycles. The minimum absolute atomic E-state index is 0. The molecule has 0 spiro atoms. The average Bonchev–Trinajstić information content (AvgIpc) is 2.39. The minimum Gasteiger partial charge on any atom is -0.668 e. The van der Waals surface area contributed by atoms with Crippen LogP contribution in [-0.2, 0) is 61.3 Å². The number of carbonyl (C=O) groups is 4. The van der Waals surface area contributed by atoms with Gasteiger partial charge in [0.25, 0.3) is 0 Å². The summed E-state index contributed by atoms with van der Waals surface area (Å²) in [5, 5.41) is -0.273. The molecule has 22 heavy (non-hydrogen) atoms. The van der Waals surface area contributed by atoms with Crippen LogP contribution in [0.5, 0.6) is 0 Å². The molecule has 0 rings (SSSR count). The maximum absolute atomic E-state index is 9.97. The first-order valence-electron chi connectivity index (χ1n) is 5.85. The third-order valence-electron chi connectivity index (χ3n) is 1.39. The molecule has 2 amide bonds. The standard InChI is InChI=1S/C5H9NO.C3H5ClO.C3H7NO.C2H4O.2W/c1-3-4(2)5(6)7;2*1-2-3(4)5;1-2-3;;/h3H,1-2H3,(H2,6,7);2H2,1H3;2H2,1H3,(H2,4,5);2H,1H3;;/p-2. The number of carbonyl (C=O) groups excluding carboxylic acids is 4. The Kier molecular flexibility index (Phi) is 55.9. The second kappa shape index (κ2) is 32.6. The van der Waals surface area contributed by atoms with Crippen LogP contribution in [0.1, 0.15) is 47.5 Å². The monoisotopic (exact) mass is 674 g/mol. The molecule has 0 atom stereocenters. The van der Waals surface area contributed by atoms with Crippen molar-refractivity contribution in [1.82, 2.24) is 0 Å². The van der Waals surface area contributed by atoms with Gasteiger partial charge in [0.15, 0.2) is 0 Å². The molecule has 130 valence electrons. The molecule has 0 aliphatic heterocycles. The first-order valence-corrected chi connectivity index (χ1v) is 6.23. The number of rotatable bonds is 3. The van der Waals surface area contributed by atoms with Crippen molar-refractivity contribution in [2.75, 3.05) is 0 Å². The van der Waals surface area contributed by atoms with Crippen molar-refractivity contribution in [2.45, 2.75) is 47.5 Å². The number of amides is 2. The number of hydrogen-bond donors (Lipinski definition) is 0. The first kappa shape index (κ1) is 37.7. The van der Waals surface area contributed by atoms with E-state index in [1.807, 2.05) is 0 Å². The van der Waals surface area contributed by atoms with Gasteiger partial charge < -0.3 is 25.9 Å². The van der Waals surface area contributed by atoms with E-state index in [1.54, 1.807) is 33.8 Å². The Morgan fingerprint density at radius 3 is 1.23 bits per heavy atom. The van der Waals surface area contributed by atoms with Crippen LogP contribution < -0.4 is 0 Å². The van der Waals surface area contributed by atoms with E-state index in [4.69, 9.17) is 27.9 Å². The molecule has 0 radical (unpaired) electrons. The molecule has 0 saturated carbocycles. The van der Waals surface area contributed by atoms with Crippen LogP contribution in [0.2, 0.25) is 0 Å². The van der Waals surface area contributed by atoms with Crippen molar-refractivity contribution in [3.63, 3.8) is 0 Å². The molecule has 0 aromatic heterocycles. The van der Waals surface area contributed by atoms with E-state index in [0.29, 0.717) is 18.4 Å². The Hall–Kier alpha value is -0.313. The zero-order valence-electron chi connectivity index (χ0n) is 13.4. The Balaban J connectivity index is -0.0000000390. The summed E-state index contributed by atoms with van der Waals surface area (Å²) in [7, 11) is 0. The predicted molar refractivity (Wildman–Crippen MR) is 81.3 cm³/mol. The Morgan fingerprint density at radius 2 is 1.23 bits per heavy atom. The van der Waals surface area contributed by atoms with E-state index >= 15 is 0 Å². The van der Waals surface area contributed by atoms with Gasteiger partial charge in [-0.25, -0.2) is 0 Å². The second-order valence-corrected chi connectivity index (χ2v) is 3.44. The number of hydrogen-bond acceptors (Lipinski definition) is 4. The maximum Gasteiger partial charge on any atom is 0.221 e. The third-order valence-corrected chi connectivity index (χ3v) is 1.66. The zero-order chi connectivity index (χ0) is 17.1. The van der Waals surface area contributed by atoms with Crippen molar-refractivity contribution in [3.8, 4) is 0 Å². The van der Waals surface area contributed by atoms with Crippen LogP contribution in [0.25, 0.3) is 11.5 Å². The largest absolute Gasteiger partial charge is 0.668 e. The average molecular weight is 674 g/mol. The van der Waals surface area contributed by atoms with Crippen LogP contribution in [-0.4, -0.2) is 23.3 Å². The minimum atomic E-state index is -0.595. The van der Waals surface area contributed by atoms with E-state index < -0.39 is 11.8 Å². The molecule has 0 bridgehead atoms. The molecule has 6 nitrogen and oxygen atoms in total. The Labute approximate surface area is 166 Å². The van der Waals surface area contributed by atoms with E-state index in [2.05, 4.69) is 0 Å². The predicted octanol–water partition coefficient (Wildman–Crippen LogP) is 3.87. The Bertz CT molecular complexity index is 311. The van der Waals surface area contributed by atoms with Crippen molar-refractivity contribution < 1.29 is 61.3 Å². The zero-order valence-corrected chi connectivity index (χ0v) is 20.0. The third kappa shape index (κ3) is 73.3. The summed E-state index contributed by atoms with van der Waals surface area (Å²) >= 11 is 4.82. The number of halogens is 1. The van der Waals surface area contributed by atoms with Gasteiger partial charge in [0.1, 0.15) is 6.29 Å². The van der Waals surface area contributed by atoms with Crippen LogP contribution in [0.3, 0.4) is 0 Å². The summed E-state index contributed by atoms with van der Waals surface area (Å²) in [5.74, 6) is -1.09. The maximum atomic E-state index is 9.97. The first-order chi connectivity index (χ1) is 9.14. The molecule has 0 fully saturated rings. The van der Waals surface area contributed by atoms with E-state index in [-0.39, 0.29) is 47.4 Å². The molecule has 0 heterocycles. The summed E-state index contributed by atoms with van der Waals surface area (Å²) in [6.45, 7) is 8.18. The van der Waals surface area contributed by atoms with Crippen molar-refractivity contribution in [3.05, 3.63) is 23.1 Å². The fraction of sp³-hybridized carbons (Fsp3) is 0.538. The molecule has 0 aromatic carbocycles. The van der Waals surface area contributed by atoms with Gasteiger partial charge in [0, 0.05) is 54.5 Å².